The molecule has 0 aromatic heterocycles. The lowest BCUT2D eigenvalue weighted by atomic mass is 9.94. The maximum absolute atomic E-state index is 12.7. The molecule has 0 aliphatic carbocycles. The predicted molar refractivity (Wildman–Crippen MR) is 63.8 cm³/mol. The number of benzene rings is 1. The van der Waals surface area contributed by atoms with Gasteiger partial charge >= 0.3 is 6.18 Å². The maximum atomic E-state index is 12.7. The SMILES string of the molecule is [CH2]C(C)c1cc(CC(C)C)cc(C(F)(F)F)c1. The lowest BCUT2D eigenvalue weighted by Crippen LogP contribution is -2.08. The average Bonchev–Trinajstić information content (AvgIpc) is 2.14. The van der Waals surface area contributed by atoms with E-state index in [4.69, 9.17) is 0 Å². The van der Waals surface area contributed by atoms with Crippen molar-refractivity contribution >= 4 is 0 Å². The summed E-state index contributed by atoms with van der Waals surface area (Å²) < 4.78 is 38.2. The molecular formula is C14H18F3. The van der Waals surface area contributed by atoms with Gasteiger partial charge in [-0.15, -0.1) is 0 Å². The standard InChI is InChI=1S/C14H18F3/c1-9(2)5-11-6-12(10(3)4)8-13(7-11)14(15,16)17/h6-10H,3,5H2,1-2,4H3. The second-order valence-electron chi connectivity index (χ2n) is 4.96. The summed E-state index contributed by atoms with van der Waals surface area (Å²) in [6.45, 7) is 9.57. The number of alkyl halides is 3. The van der Waals surface area contributed by atoms with Crippen molar-refractivity contribution in [2.24, 2.45) is 5.92 Å². The molecule has 0 spiro atoms. The van der Waals surface area contributed by atoms with Crippen LogP contribution < -0.4 is 0 Å². The highest BCUT2D eigenvalue weighted by molar-refractivity contribution is 5.34. The Morgan fingerprint density at radius 2 is 1.71 bits per heavy atom. The van der Waals surface area contributed by atoms with E-state index < -0.39 is 11.7 Å². The fourth-order valence-electron chi connectivity index (χ4n) is 1.76. The first-order chi connectivity index (χ1) is 7.70. The van der Waals surface area contributed by atoms with Crippen molar-refractivity contribution < 1.29 is 13.2 Å². The van der Waals surface area contributed by atoms with Gasteiger partial charge in [-0.25, -0.2) is 0 Å². The van der Waals surface area contributed by atoms with E-state index in [2.05, 4.69) is 6.92 Å². The van der Waals surface area contributed by atoms with E-state index in [0.29, 0.717) is 17.9 Å². The van der Waals surface area contributed by atoms with Crippen LogP contribution in [0.5, 0.6) is 0 Å². The van der Waals surface area contributed by atoms with Crippen molar-refractivity contribution in [1.29, 1.82) is 0 Å². The molecule has 0 aliphatic rings. The largest absolute Gasteiger partial charge is 0.416 e. The summed E-state index contributed by atoms with van der Waals surface area (Å²) in [5.41, 5.74) is 0.817. The zero-order valence-electron chi connectivity index (χ0n) is 10.4. The number of hydrogen-bond acceptors (Lipinski definition) is 0. The van der Waals surface area contributed by atoms with Gasteiger partial charge in [0.25, 0.3) is 0 Å². The second kappa shape index (κ2) is 5.11. The van der Waals surface area contributed by atoms with Gasteiger partial charge in [-0.1, -0.05) is 26.8 Å². The summed E-state index contributed by atoms with van der Waals surface area (Å²) in [4.78, 5) is 0. The summed E-state index contributed by atoms with van der Waals surface area (Å²) in [5, 5.41) is 0. The lowest BCUT2D eigenvalue weighted by Gasteiger charge is -2.15. The Kier molecular flexibility index (Phi) is 4.23. The van der Waals surface area contributed by atoms with Gasteiger partial charge < -0.3 is 0 Å². The molecule has 17 heavy (non-hydrogen) atoms. The highest BCUT2D eigenvalue weighted by atomic mass is 19.4. The van der Waals surface area contributed by atoms with Crippen molar-refractivity contribution in [2.45, 2.75) is 39.3 Å². The molecule has 1 aromatic rings. The van der Waals surface area contributed by atoms with Crippen LogP contribution in [0.25, 0.3) is 0 Å². The van der Waals surface area contributed by atoms with Crippen molar-refractivity contribution in [3.63, 3.8) is 0 Å². The van der Waals surface area contributed by atoms with Crippen LogP contribution >= 0.6 is 0 Å². The van der Waals surface area contributed by atoms with Crippen LogP contribution in [0.15, 0.2) is 18.2 Å². The molecule has 0 saturated heterocycles. The van der Waals surface area contributed by atoms with Gasteiger partial charge in [-0.3, -0.25) is 0 Å². The lowest BCUT2D eigenvalue weighted by molar-refractivity contribution is -0.137. The highest BCUT2D eigenvalue weighted by Crippen LogP contribution is 2.32. The third-order valence-corrected chi connectivity index (χ3v) is 2.56. The van der Waals surface area contributed by atoms with Gasteiger partial charge in [0.2, 0.25) is 0 Å². The van der Waals surface area contributed by atoms with E-state index in [9.17, 15) is 13.2 Å². The zero-order chi connectivity index (χ0) is 13.2. The molecule has 3 heteroatoms. The molecular weight excluding hydrogens is 225 g/mol. The fraction of sp³-hybridized carbons (Fsp3) is 0.500. The third-order valence-electron chi connectivity index (χ3n) is 2.56. The summed E-state index contributed by atoms with van der Waals surface area (Å²) in [5.74, 6) is 0.203. The Morgan fingerprint density at radius 3 is 2.12 bits per heavy atom. The molecule has 95 valence electrons. The Morgan fingerprint density at radius 1 is 1.12 bits per heavy atom. The van der Waals surface area contributed by atoms with Crippen LogP contribution in [0.3, 0.4) is 0 Å². The van der Waals surface area contributed by atoms with Crippen molar-refractivity contribution in [1.82, 2.24) is 0 Å². The molecule has 1 atom stereocenters. The number of rotatable bonds is 3. The molecule has 1 rings (SSSR count). The smallest absolute Gasteiger partial charge is 0.166 e. The van der Waals surface area contributed by atoms with Gasteiger partial charge in [-0.05, 0) is 48.4 Å². The molecule has 0 nitrogen and oxygen atoms in total. The minimum atomic E-state index is -4.28. The van der Waals surface area contributed by atoms with E-state index in [0.717, 1.165) is 5.56 Å². The number of halogens is 3. The Bertz CT molecular complexity index is 376. The summed E-state index contributed by atoms with van der Waals surface area (Å²) in [6.07, 6.45) is -3.62. The molecule has 0 amide bonds. The van der Waals surface area contributed by atoms with Gasteiger partial charge in [0.15, 0.2) is 0 Å². The number of hydrogen-bond donors (Lipinski definition) is 0. The first-order valence-corrected chi connectivity index (χ1v) is 5.74. The van der Waals surface area contributed by atoms with Gasteiger partial charge in [0.05, 0.1) is 5.56 Å². The Hall–Kier alpha value is -0.990. The van der Waals surface area contributed by atoms with Crippen LogP contribution in [0.2, 0.25) is 0 Å². The summed E-state index contributed by atoms with van der Waals surface area (Å²) >= 11 is 0. The Balaban J connectivity index is 3.19. The van der Waals surface area contributed by atoms with Crippen molar-refractivity contribution in [3.05, 3.63) is 41.8 Å². The summed E-state index contributed by atoms with van der Waals surface area (Å²) in [7, 11) is 0. The fourth-order valence-corrected chi connectivity index (χ4v) is 1.76. The zero-order valence-corrected chi connectivity index (χ0v) is 10.4. The van der Waals surface area contributed by atoms with Gasteiger partial charge in [-0.2, -0.15) is 13.2 Å². The van der Waals surface area contributed by atoms with E-state index in [-0.39, 0.29) is 5.92 Å². The van der Waals surface area contributed by atoms with Crippen LogP contribution in [0.4, 0.5) is 13.2 Å². The van der Waals surface area contributed by atoms with Gasteiger partial charge in [0, 0.05) is 0 Å². The first-order valence-electron chi connectivity index (χ1n) is 5.74. The van der Waals surface area contributed by atoms with Crippen LogP contribution in [0, 0.1) is 12.8 Å². The average molecular weight is 243 g/mol. The minimum Gasteiger partial charge on any atom is -0.166 e. The highest BCUT2D eigenvalue weighted by Gasteiger charge is 2.31. The normalized spacial score (nSPS) is 12.5. The van der Waals surface area contributed by atoms with E-state index in [1.807, 2.05) is 19.9 Å². The molecule has 0 aliphatic heterocycles. The first kappa shape index (κ1) is 14.1. The molecule has 0 N–H and O–H groups in total. The molecule has 0 heterocycles. The molecule has 0 fully saturated rings. The second-order valence-corrected chi connectivity index (χ2v) is 4.96. The Labute approximate surface area is 101 Å². The topological polar surface area (TPSA) is 0 Å². The molecule has 1 unspecified atom stereocenters. The van der Waals surface area contributed by atoms with Crippen LogP contribution in [-0.4, -0.2) is 0 Å². The predicted octanol–water partition coefficient (Wildman–Crippen LogP) is 4.84. The van der Waals surface area contributed by atoms with Crippen LogP contribution in [-0.2, 0) is 12.6 Å². The third kappa shape index (κ3) is 4.06. The van der Waals surface area contributed by atoms with Crippen molar-refractivity contribution in [2.75, 3.05) is 0 Å². The molecule has 0 bridgehead atoms. The minimum absolute atomic E-state index is 0.136. The monoisotopic (exact) mass is 243 g/mol. The van der Waals surface area contributed by atoms with Crippen molar-refractivity contribution in [3.8, 4) is 0 Å². The quantitative estimate of drug-likeness (QED) is 0.712. The maximum Gasteiger partial charge on any atom is 0.416 e. The molecule has 1 radical (unpaired) electrons. The van der Waals surface area contributed by atoms with E-state index in [1.54, 1.807) is 6.92 Å². The molecule has 1 aromatic carbocycles. The van der Waals surface area contributed by atoms with E-state index >= 15 is 0 Å². The van der Waals surface area contributed by atoms with Gasteiger partial charge in [0.1, 0.15) is 0 Å². The van der Waals surface area contributed by atoms with E-state index in [1.165, 1.54) is 12.1 Å². The summed E-state index contributed by atoms with van der Waals surface area (Å²) in [6, 6.07) is 4.26. The van der Waals surface area contributed by atoms with Crippen LogP contribution in [0.1, 0.15) is 43.4 Å². The molecule has 0 saturated carbocycles.